The topological polar surface area (TPSA) is 80.7 Å². The lowest BCUT2D eigenvalue weighted by molar-refractivity contribution is -0.157. The van der Waals surface area contributed by atoms with E-state index in [1.54, 1.807) is 6.92 Å². The maximum Gasteiger partial charge on any atom is 0.342 e. The highest BCUT2D eigenvalue weighted by molar-refractivity contribution is 6.01. The number of carbonyl (C=O) groups excluding carboxylic acids is 3. The molecule has 4 atom stereocenters. The van der Waals surface area contributed by atoms with Gasteiger partial charge in [0.25, 0.3) is 0 Å². The van der Waals surface area contributed by atoms with Crippen molar-refractivity contribution in [1.82, 2.24) is 0 Å². The molecule has 1 aliphatic carbocycles. The molecule has 5 heteroatoms. The minimum atomic E-state index is -1.70. The molecule has 5 nitrogen and oxygen atoms in total. The van der Waals surface area contributed by atoms with Gasteiger partial charge in [-0.15, -0.1) is 0 Å². The van der Waals surface area contributed by atoms with Crippen LogP contribution in [-0.2, 0) is 19.1 Å². The van der Waals surface area contributed by atoms with Crippen LogP contribution in [0, 0.1) is 17.8 Å². The van der Waals surface area contributed by atoms with Crippen LogP contribution in [0.2, 0.25) is 0 Å². The molecule has 0 bridgehead atoms. The summed E-state index contributed by atoms with van der Waals surface area (Å²) in [5, 5.41) is 9.58. The fourth-order valence-corrected chi connectivity index (χ4v) is 3.84. The Hall–Kier alpha value is -1.75. The summed E-state index contributed by atoms with van der Waals surface area (Å²) in [6.07, 6.45) is 14.1. The average Bonchev–Trinajstić information content (AvgIpc) is 3.04. The summed E-state index contributed by atoms with van der Waals surface area (Å²) >= 11 is 0. The van der Waals surface area contributed by atoms with E-state index in [1.807, 2.05) is 12.2 Å². The van der Waals surface area contributed by atoms with Crippen molar-refractivity contribution in [3.63, 3.8) is 0 Å². The van der Waals surface area contributed by atoms with E-state index in [2.05, 4.69) is 30.7 Å². The van der Waals surface area contributed by atoms with Crippen molar-refractivity contribution in [3.05, 3.63) is 24.3 Å². The van der Waals surface area contributed by atoms with E-state index in [-0.39, 0.29) is 18.9 Å². The number of esters is 1. The Labute approximate surface area is 175 Å². The Morgan fingerprint density at radius 2 is 1.93 bits per heavy atom. The molecule has 1 saturated carbocycles. The first-order valence-electron chi connectivity index (χ1n) is 11.1. The lowest BCUT2D eigenvalue weighted by atomic mass is 9.91. The zero-order valence-corrected chi connectivity index (χ0v) is 18.3. The molecule has 29 heavy (non-hydrogen) atoms. The third kappa shape index (κ3) is 9.53. The molecule has 1 rings (SSSR count). The molecule has 0 aromatic heterocycles. The van der Waals surface area contributed by atoms with Gasteiger partial charge in [0.15, 0.2) is 5.78 Å². The number of hydrogen-bond acceptors (Lipinski definition) is 5. The molecule has 0 aliphatic heterocycles. The first-order chi connectivity index (χ1) is 13.9. The van der Waals surface area contributed by atoms with Crippen LogP contribution in [0.3, 0.4) is 0 Å². The van der Waals surface area contributed by atoms with Crippen LogP contribution in [0.1, 0.15) is 78.6 Å². The number of aliphatic hydroxyl groups excluding tert-OH is 1. The number of hydrogen-bond donors (Lipinski definition) is 1. The van der Waals surface area contributed by atoms with E-state index in [9.17, 15) is 19.5 Å². The van der Waals surface area contributed by atoms with Crippen LogP contribution in [0.4, 0.5) is 0 Å². The van der Waals surface area contributed by atoms with E-state index in [0.717, 1.165) is 18.8 Å². The van der Waals surface area contributed by atoms with Gasteiger partial charge in [0.2, 0.25) is 6.10 Å². The highest BCUT2D eigenvalue weighted by atomic mass is 16.5. The van der Waals surface area contributed by atoms with E-state index in [1.165, 1.54) is 19.3 Å². The number of carbonyl (C=O) groups is 3. The second-order valence-electron chi connectivity index (χ2n) is 8.04. The number of rotatable bonds is 14. The highest BCUT2D eigenvalue weighted by Gasteiger charge is 2.31. The molecule has 1 fully saturated rings. The fourth-order valence-electron chi connectivity index (χ4n) is 3.84. The van der Waals surface area contributed by atoms with Gasteiger partial charge in [0, 0.05) is 18.8 Å². The van der Waals surface area contributed by atoms with Crippen molar-refractivity contribution >= 4 is 17.5 Å². The van der Waals surface area contributed by atoms with Gasteiger partial charge in [-0.1, -0.05) is 51.0 Å². The summed E-state index contributed by atoms with van der Waals surface area (Å²) in [5.41, 5.74) is 0. The zero-order valence-electron chi connectivity index (χ0n) is 18.3. The van der Waals surface area contributed by atoms with Crippen LogP contribution in [-0.4, -0.2) is 35.4 Å². The van der Waals surface area contributed by atoms with Crippen molar-refractivity contribution < 1.29 is 24.2 Å². The van der Waals surface area contributed by atoms with Crippen molar-refractivity contribution in [3.8, 4) is 0 Å². The third-order valence-corrected chi connectivity index (χ3v) is 5.57. The van der Waals surface area contributed by atoms with Gasteiger partial charge >= 0.3 is 5.97 Å². The lowest BCUT2D eigenvalue weighted by Gasteiger charge is -2.13. The zero-order chi connectivity index (χ0) is 21.6. The lowest BCUT2D eigenvalue weighted by Crippen LogP contribution is -2.31. The largest absolute Gasteiger partial charge is 0.464 e. The summed E-state index contributed by atoms with van der Waals surface area (Å²) in [6, 6.07) is 0. The second kappa shape index (κ2) is 14.3. The number of ketones is 2. The monoisotopic (exact) mass is 406 g/mol. The smallest absolute Gasteiger partial charge is 0.342 e. The molecule has 0 heterocycles. The van der Waals surface area contributed by atoms with Gasteiger partial charge < -0.3 is 9.84 Å². The Balaban J connectivity index is 2.37. The van der Waals surface area contributed by atoms with Crippen molar-refractivity contribution in [2.45, 2.75) is 84.7 Å². The Morgan fingerprint density at radius 3 is 2.62 bits per heavy atom. The molecular formula is C24H38O5. The maximum atomic E-state index is 12.2. The van der Waals surface area contributed by atoms with E-state index in [0.29, 0.717) is 31.0 Å². The average molecular weight is 407 g/mol. The first kappa shape index (κ1) is 25.3. The van der Waals surface area contributed by atoms with E-state index in [4.69, 9.17) is 0 Å². The standard InChI is InChI=1S/C24H38O5/c1-4-11-18(3)12-9-10-13-19-16-17-21(25)20(19)14-7-6-8-15-22(26)23(27)24(28)29-5-2/h6-7,10,13,18-20,23,27H,4-5,8-9,11-12,14-17H2,1-3H3/t18?,19-,20+,23?/m0/s1. The van der Waals surface area contributed by atoms with Gasteiger partial charge in [-0.25, -0.2) is 4.79 Å². The maximum absolute atomic E-state index is 12.2. The van der Waals surface area contributed by atoms with Gasteiger partial charge in [-0.05, 0) is 50.9 Å². The van der Waals surface area contributed by atoms with Gasteiger partial charge in [-0.2, -0.15) is 0 Å². The summed E-state index contributed by atoms with van der Waals surface area (Å²) in [5.74, 6) is -0.0340. The minimum Gasteiger partial charge on any atom is -0.464 e. The minimum absolute atomic E-state index is 0.0244. The first-order valence-corrected chi connectivity index (χ1v) is 11.1. The van der Waals surface area contributed by atoms with Crippen LogP contribution >= 0.6 is 0 Å². The van der Waals surface area contributed by atoms with Crippen molar-refractivity contribution in [2.24, 2.45) is 17.8 Å². The van der Waals surface area contributed by atoms with E-state index < -0.39 is 17.9 Å². The molecule has 0 amide bonds. The Morgan fingerprint density at radius 1 is 1.17 bits per heavy atom. The normalized spacial score (nSPS) is 21.7. The quantitative estimate of drug-likeness (QED) is 0.260. The molecule has 0 saturated heterocycles. The molecule has 0 spiro atoms. The van der Waals surface area contributed by atoms with Crippen molar-refractivity contribution in [1.29, 1.82) is 0 Å². The predicted octanol–water partition coefficient (Wildman–Crippen LogP) is 4.57. The van der Waals surface area contributed by atoms with Crippen LogP contribution < -0.4 is 0 Å². The fraction of sp³-hybridized carbons (Fsp3) is 0.708. The van der Waals surface area contributed by atoms with Crippen LogP contribution in [0.5, 0.6) is 0 Å². The summed E-state index contributed by atoms with van der Waals surface area (Å²) in [4.78, 5) is 35.3. The van der Waals surface area contributed by atoms with Gasteiger partial charge in [-0.3, -0.25) is 9.59 Å². The number of aliphatic hydroxyl groups is 1. The predicted molar refractivity (Wildman–Crippen MR) is 114 cm³/mol. The molecule has 0 aromatic rings. The third-order valence-electron chi connectivity index (χ3n) is 5.57. The van der Waals surface area contributed by atoms with Crippen molar-refractivity contribution in [2.75, 3.05) is 6.61 Å². The number of ether oxygens (including phenoxy) is 1. The molecular weight excluding hydrogens is 368 g/mol. The van der Waals surface area contributed by atoms with Gasteiger partial charge in [0.1, 0.15) is 5.78 Å². The second-order valence-corrected chi connectivity index (χ2v) is 8.04. The highest BCUT2D eigenvalue weighted by Crippen LogP contribution is 2.33. The van der Waals surface area contributed by atoms with Crippen LogP contribution in [0.25, 0.3) is 0 Å². The molecule has 2 unspecified atom stereocenters. The van der Waals surface area contributed by atoms with E-state index >= 15 is 0 Å². The Kier molecular flexibility index (Phi) is 12.4. The summed E-state index contributed by atoms with van der Waals surface area (Å²) in [7, 11) is 0. The SMILES string of the molecule is CCCC(C)CCC=C[C@H]1CCC(=O)[C@@H]1CC=CCCC(=O)C(O)C(=O)OCC. The number of allylic oxidation sites excluding steroid dienone is 4. The number of Topliss-reactive ketones (excluding diaryl/α,β-unsaturated/α-hetero) is 2. The van der Waals surface area contributed by atoms with Crippen LogP contribution in [0.15, 0.2) is 24.3 Å². The molecule has 1 N–H and O–H groups in total. The van der Waals surface area contributed by atoms with Gasteiger partial charge in [0.05, 0.1) is 6.61 Å². The molecule has 164 valence electrons. The molecule has 0 radical (unpaired) electrons. The molecule has 0 aromatic carbocycles. The summed E-state index contributed by atoms with van der Waals surface area (Å²) < 4.78 is 4.64. The Bertz CT molecular complexity index is 578. The summed E-state index contributed by atoms with van der Waals surface area (Å²) in [6.45, 7) is 6.26. The molecule has 1 aliphatic rings.